The number of amides is 1. The number of hydrogen-bond donors (Lipinski definition) is 1. The van der Waals surface area contributed by atoms with Gasteiger partial charge in [0, 0.05) is 11.3 Å². The van der Waals surface area contributed by atoms with Crippen LogP contribution in [0.1, 0.15) is 17.2 Å². The summed E-state index contributed by atoms with van der Waals surface area (Å²) in [6, 6.07) is 11.4. The van der Waals surface area contributed by atoms with Crippen LogP contribution in [0.15, 0.2) is 60.2 Å². The summed E-state index contributed by atoms with van der Waals surface area (Å²) in [5, 5.41) is 11.7. The maximum Gasteiger partial charge on any atom is 0.300 e. The molecule has 0 aliphatic carbocycles. The minimum Gasteiger partial charge on any atom is -0.507 e. The molecule has 0 spiro atoms. The molecule has 0 radical (unpaired) electrons. The molecular weight excluding hydrogens is 512 g/mol. The van der Waals surface area contributed by atoms with Gasteiger partial charge in [0.15, 0.2) is 11.5 Å². The number of carbonyl (C=O) groups excluding carboxylic acids is 2. The molecule has 0 aromatic heterocycles. The third-order valence-electron chi connectivity index (χ3n) is 5.75. The van der Waals surface area contributed by atoms with Crippen LogP contribution in [0.5, 0.6) is 17.2 Å². The minimum absolute atomic E-state index is 0.151. The van der Waals surface area contributed by atoms with Crippen molar-refractivity contribution >= 4 is 46.3 Å². The van der Waals surface area contributed by atoms with Gasteiger partial charge in [-0.1, -0.05) is 23.2 Å². The van der Waals surface area contributed by atoms with Crippen molar-refractivity contribution in [3.8, 4) is 17.2 Å². The van der Waals surface area contributed by atoms with Crippen molar-refractivity contribution in [2.24, 2.45) is 0 Å². The van der Waals surface area contributed by atoms with E-state index in [-0.39, 0.29) is 38.4 Å². The molecule has 10 heteroatoms. The van der Waals surface area contributed by atoms with Crippen molar-refractivity contribution in [1.82, 2.24) is 0 Å². The Hall–Kier alpha value is -3.75. The molecule has 7 nitrogen and oxygen atoms in total. The Kier molecular flexibility index (Phi) is 7.10. The second-order valence-corrected chi connectivity index (χ2v) is 8.55. The lowest BCUT2D eigenvalue weighted by Gasteiger charge is -2.26. The number of nitrogens with zero attached hydrogens (tertiary/aromatic N) is 1. The van der Waals surface area contributed by atoms with Gasteiger partial charge in [-0.2, -0.15) is 0 Å². The zero-order valence-electron chi connectivity index (χ0n) is 19.3. The van der Waals surface area contributed by atoms with Gasteiger partial charge < -0.3 is 19.3 Å². The number of ether oxygens (including phenoxy) is 3. The molecule has 4 rings (SSSR count). The molecule has 1 aliphatic rings. The van der Waals surface area contributed by atoms with Crippen LogP contribution in [0.2, 0.25) is 10.0 Å². The molecule has 1 saturated heterocycles. The van der Waals surface area contributed by atoms with E-state index in [1.54, 1.807) is 12.1 Å². The number of benzene rings is 3. The standard InChI is InChI=1S/C26H20Cl2FNO6/c1-34-19-11-14(12-20(35-2)25(19)36-3)22-21(23(31)13-4-9-17(27)18(28)10-13)24(32)26(33)30(22)16-7-5-15(29)6-8-16/h4-12,22,31H,1-3H3/b23-21+. The van der Waals surface area contributed by atoms with Gasteiger partial charge in [-0.3, -0.25) is 14.5 Å². The molecular formula is C26H20Cl2FNO6. The zero-order chi connectivity index (χ0) is 26.1. The molecule has 36 heavy (non-hydrogen) atoms. The largest absolute Gasteiger partial charge is 0.507 e. The second kappa shape index (κ2) is 10.1. The smallest absolute Gasteiger partial charge is 0.300 e. The first-order valence-corrected chi connectivity index (χ1v) is 11.3. The van der Waals surface area contributed by atoms with Crippen molar-refractivity contribution < 1.29 is 33.3 Å². The number of aliphatic hydroxyl groups is 1. The van der Waals surface area contributed by atoms with Gasteiger partial charge in [0.1, 0.15) is 11.6 Å². The van der Waals surface area contributed by atoms with Gasteiger partial charge in [-0.25, -0.2) is 4.39 Å². The highest BCUT2D eigenvalue weighted by atomic mass is 35.5. The van der Waals surface area contributed by atoms with Gasteiger partial charge in [-0.15, -0.1) is 0 Å². The van der Waals surface area contributed by atoms with Crippen LogP contribution in [0, 0.1) is 5.82 Å². The van der Waals surface area contributed by atoms with Crippen LogP contribution in [0.3, 0.4) is 0 Å². The Labute approximate surface area is 216 Å². The molecule has 1 N–H and O–H groups in total. The highest BCUT2D eigenvalue weighted by Crippen LogP contribution is 2.47. The normalized spacial score (nSPS) is 16.8. The van der Waals surface area contributed by atoms with Crippen molar-refractivity contribution in [2.45, 2.75) is 6.04 Å². The van der Waals surface area contributed by atoms with Gasteiger partial charge >= 0.3 is 0 Å². The fourth-order valence-corrected chi connectivity index (χ4v) is 4.37. The minimum atomic E-state index is -1.13. The fraction of sp³-hybridized carbons (Fsp3) is 0.154. The molecule has 1 heterocycles. The second-order valence-electron chi connectivity index (χ2n) is 7.73. The number of ketones is 1. The maximum atomic E-state index is 13.7. The van der Waals surface area contributed by atoms with Crippen molar-refractivity contribution in [3.63, 3.8) is 0 Å². The van der Waals surface area contributed by atoms with Gasteiger partial charge in [0.25, 0.3) is 11.7 Å². The third kappa shape index (κ3) is 4.34. The summed E-state index contributed by atoms with van der Waals surface area (Å²) < 4.78 is 29.9. The van der Waals surface area contributed by atoms with E-state index in [0.717, 1.165) is 0 Å². The molecule has 1 unspecified atom stereocenters. The predicted octanol–water partition coefficient (Wildman–Crippen LogP) is 5.78. The first-order chi connectivity index (χ1) is 17.2. The molecule has 186 valence electrons. The number of methoxy groups -OCH3 is 3. The van der Waals surface area contributed by atoms with E-state index in [4.69, 9.17) is 37.4 Å². The lowest BCUT2D eigenvalue weighted by molar-refractivity contribution is -0.132. The van der Waals surface area contributed by atoms with E-state index in [0.29, 0.717) is 11.3 Å². The summed E-state index contributed by atoms with van der Waals surface area (Å²) in [6.45, 7) is 0. The Morgan fingerprint density at radius 2 is 1.50 bits per heavy atom. The number of aliphatic hydroxyl groups excluding tert-OH is 1. The van der Waals surface area contributed by atoms with Crippen molar-refractivity contribution in [3.05, 3.63) is 87.2 Å². The van der Waals surface area contributed by atoms with Gasteiger partial charge in [-0.05, 0) is 60.2 Å². The number of anilines is 1. The zero-order valence-corrected chi connectivity index (χ0v) is 20.9. The van der Waals surface area contributed by atoms with Crippen molar-refractivity contribution in [1.29, 1.82) is 0 Å². The first kappa shape index (κ1) is 25.3. The molecule has 0 bridgehead atoms. The SMILES string of the molecule is COc1cc(C2/C(=C(\O)c3ccc(Cl)c(Cl)c3)C(=O)C(=O)N2c2ccc(F)cc2)cc(OC)c1OC. The molecule has 0 saturated carbocycles. The quantitative estimate of drug-likeness (QED) is 0.246. The molecule has 1 fully saturated rings. The summed E-state index contributed by atoms with van der Waals surface area (Å²) in [6.07, 6.45) is 0. The number of carbonyl (C=O) groups is 2. The van der Waals surface area contributed by atoms with E-state index >= 15 is 0 Å². The van der Waals surface area contributed by atoms with Crippen molar-refractivity contribution in [2.75, 3.05) is 26.2 Å². The Balaban J connectivity index is 2.02. The molecule has 1 aliphatic heterocycles. The van der Waals surface area contributed by atoms with Crippen LogP contribution < -0.4 is 19.1 Å². The highest BCUT2D eigenvalue weighted by Gasteiger charge is 2.47. The summed E-state index contributed by atoms with van der Waals surface area (Å²) in [7, 11) is 4.29. The molecule has 3 aromatic rings. The van der Waals surface area contributed by atoms with E-state index in [9.17, 15) is 19.1 Å². The molecule has 3 aromatic carbocycles. The number of halogens is 3. The van der Waals surface area contributed by atoms with E-state index in [2.05, 4.69) is 0 Å². The van der Waals surface area contributed by atoms with Crippen LogP contribution in [0.25, 0.3) is 5.76 Å². The summed E-state index contributed by atoms with van der Waals surface area (Å²) in [4.78, 5) is 27.8. The molecule has 1 amide bonds. The average molecular weight is 532 g/mol. The number of Topliss-reactive ketones (excluding diaryl/α,β-unsaturated/α-hetero) is 1. The maximum absolute atomic E-state index is 13.7. The van der Waals surface area contributed by atoms with Gasteiger partial charge in [0.05, 0.1) is 43.0 Å². The number of rotatable bonds is 6. The Morgan fingerprint density at radius 1 is 0.889 bits per heavy atom. The predicted molar refractivity (Wildman–Crippen MR) is 134 cm³/mol. The Bertz CT molecular complexity index is 1360. The first-order valence-electron chi connectivity index (χ1n) is 10.5. The van der Waals surface area contributed by atoms with Crippen LogP contribution in [0.4, 0.5) is 10.1 Å². The number of hydrogen-bond acceptors (Lipinski definition) is 6. The third-order valence-corrected chi connectivity index (χ3v) is 6.48. The van der Waals surface area contributed by atoms with E-state index in [1.807, 2.05) is 0 Å². The average Bonchev–Trinajstić information content (AvgIpc) is 3.15. The lowest BCUT2D eigenvalue weighted by atomic mass is 9.94. The topological polar surface area (TPSA) is 85.3 Å². The lowest BCUT2D eigenvalue weighted by Crippen LogP contribution is -2.29. The summed E-state index contributed by atoms with van der Waals surface area (Å²) >= 11 is 12.1. The highest BCUT2D eigenvalue weighted by molar-refractivity contribution is 6.51. The van der Waals surface area contributed by atoms with Crippen LogP contribution in [-0.2, 0) is 9.59 Å². The van der Waals surface area contributed by atoms with Crippen LogP contribution >= 0.6 is 23.2 Å². The van der Waals surface area contributed by atoms with Crippen LogP contribution in [-0.4, -0.2) is 38.1 Å². The summed E-state index contributed by atoms with van der Waals surface area (Å²) in [5.41, 5.74) is 0.580. The van der Waals surface area contributed by atoms with E-state index < -0.39 is 29.3 Å². The Morgan fingerprint density at radius 3 is 2.03 bits per heavy atom. The van der Waals surface area contributed by atoms with Gasteiger partial charge in [0.2, 0.25) is 5.75 Å². The fourth-order valence-electron chi connectivity index (χ4n) is 4.07. The molecule has 1 atom stereocenters. The summed E-state index contributed by atoms with van der Waals surface area (Å²) in [5.74, 6) is -2.00. The van der Waals surface area contributed by atoms with E-state index in [1.165, 1.54) is 68.7 Å². The monoisotopic (exact) mass is 531 g/mol.